The highest BCUT2D eigenvalue weighted by Crippen LogP contribution is 2.10. The van der Waals surface area contributed by atoms with E-state index in [1.165, 1.54) is 0 Å². The molecule has 1 heterocycles. The van der Waals surface area contributed by atoms with E-state index in [9.17, 15) is 0 Å². The van der Waals surface area contributed by atoms with Crippen LogP contribution in [0, 0.1) is 0 Å². The molecule has 0 radical (unpaired) electrons. The van der Waals surface area contributed by atoms with Crippen molar-refractivity contribution in [3.05, 3.63) is 18.0 Å². The third-order valence-electron chi connectivity index (χ3n) is 3.35. The molecule has 0 saturated heterocycles. The molecule has 1 aromatic rings. The van der Waals surface area contributed by atoms with Gasteiger partial charge in [-0.15, -0.1) is 0 Å². The van der Waals surface area contributed by atoms with E-state index < -0.39 is 0 Å². The molecule has 19 heavy (non-hydrogen) atoms. The summed E-state index contributed by atoms with van der Waals surface area (Å²) >= 11 is 0. The van der Waals surface area contributed by atoms with Crippen molar-refractivity contribution in [2.45, 2.75) is 46.2 Å². The van der Waals surface area contributed by atoms with Crippen LogP contribution in [0.25, 0.3) is 0 Å². The summed E-state index contributed by atoms with van der Waals surface area (Å²) < 4.78 is 2.01. The third kappa shape index (κ3) is 4.90. The van der Waals surface area contributed by atoms with Crippen LogP contribution in [0.3, 0.4) is 0 Å². The molecule has 0 spiro atoms. The maximum atomic E-state index is 8.53. The van der Waals surface area contributed by atoms with Crippen molar-refractivity contribution in [3.63, 3.8) is 0 Å². The van der Waals surface area contributed by atoms with Crippen LogP contribution in [0.5, 0.6) is 0 Å². The predicted molar refractivity (Wildman–Crippen MR) is 76.2 cm³/mol. The number of hydrogen-bond donors (Lipinski definition) is 2. The van der Waals surface area contributed by atoms with Gasteiger partial charge in [0.25, 0.3) is 0 Å². The summed E-state index contributed by atoms with van der Waals surface area (Å²) in [6, 6.07) is 2.49. The van der Waals surface area contributed by atoms with Crippen LogP contribution >= 0.6 is 0 Å². The van der Waals surface area contributed by atoms with E-state index in [2.05, 4.69) is 42.0 Å². The summed E-state index contributed by atoms with van der Waals surface area (Å²) in [4.78, 5) is 2.22. The standard InChI is InChI=1S/C13H25N5O/c1-4-11(3)18-9-6-12(15-18)10-17(5-2)8-7-13(14)16-19/h6,9,11,19H,4-5,7-8,10H2,1-3H3,(H2,14,16). The molecular weight excluding hydrogens is 242 g/mol. The minimum atomic E-state index is 0.267. The number of amidine groups is 1. The molecule has 0 fully saturated rings. The zero-order valence-electron chi connectivity index (χ0n) is 12.1. The Morgan fingerprint density at radius 1 is 1.58 bits per heavy atom. The third-order valence-corrected chi connectivity index (χ3v) is 3.35. The first-order valence-electron chi connectivity index (χ1n) is 6.83. The summed E-state index contributed by atoms with van der Waals surface area (Å²) in [5, 5.41) is 16.1. The molecule has 108 valence electrons. The van der Waals surface area contributed by atoms with Crippen LogP contribution in [0.15, 0.2) is 17.4 Å². The lowest BCUT2D eigenvalue weighted by atomic mass is 10.3. The molecule has 0 aliphatic carbocycles. The summed E-state index contributed by atoms with van der Waals surface area (Å²) in [5.41, 5.74) is 6.54. The minimum absolute atomic E-state index is 0.267. The van der Waals surface area contributed by atoms with Crippen molar-refractivity contribution in [2.24, 2.45) is 10.9 Å². The van der Waals surface area contributed by atoms with E-state index in [0.29, 0.717) is 12.5 Å². The number of nitrogens with zero attached hydrogens (tertiary/aromatic N) is 4. The number of oxime groups is 1. The van der Waals surface area contributed by atoms with E-state index >= 15 is 0 Å². The first kappa shape index (κ1) is 15.5. The van der Waals surface area contributed by atoms with Gasteiger partial charge in [0, 0.05) is 31.7 Å². The van der Waals surface area contributed by atoms with Crippen LogP contribution in [0.4, 0.5) is 0 Å². The van der Waals surface area contributed by atoms with Crippen molar-refractivity contribution >= 4 is 5.84 Å². The number of aromatic nitrogens is 2. The van der Waals surface area contributed by atoms with Gasteiger partial charge < -0.3 is 10.9 Å². The van der Waals surface area contributed by atoms with Crippen molar-refractivity contribution in [3.8, 4) is 0 Å². The van der Waals surface area contributed by atoms with Gasteiger partial charge in [0.2, 0.25) is 0 Å². The molecule has 3 N–H and O–H groups in total. The summed E-state index contributed by atoms with van der Waals surface area (Å²) in [5.74, 6) is 0.267. The molecule has 0 bridgehead atoms. The van der Waals surface area contributed by atoms with Crippen LogP contribution in [-0.2, 0) is 6.54 Å². The van der Waals surface area contributed by atoms with E-state index in [4.69, 9.17) is 10.9 Å². The lowest BCUT2D eigenvalue weighted by Crippen LogP contribution is -2.28. The first-order chi connectivity index (χ1) is 9.10. The molecule has 0 saturated carbocycles. The molecule has 6 nitrogen and oxygen atoms in total. The lowest BCUT2D eigenvalue weighted by Gasteiger charge is -2.18. The Hall–Kier alpha value is -1.56. The average Bonchev–Trinajstić information content (AvgIpc) is 2.90. The maximum Gasteiger partial charge on any atom is 0.140 e. The van der Waals surface area contributed by atoms with E-state index in [1.54, 1.807) is 0 Å². The van der Waals surface area contributed by atoms with Crippen LogP contribution < -0.4 is 5.73 Å². The van der Waals surface area contributed by atoms with Crippen LogP contribution in [-0.4, -0.2) is 38.8 Å². The Labute approximate surface area is 114 Å². The molecule has 0 amide bonds. The van der Waals surface area contributed by atoms with Gasteiger partial charge in [-0.3, -0.25) is 9.58 Å². The minimum Gasteiger partial charge on any atom is -0.409 e. The topological polar surface area (TPSA) is 79.7 Å². The Morgan fingerprint density at radius 3 is 2.89 bits per heavy atom. The second-order valence-corrected chi connectivity index (χ2v) is 4.75. The van der Waals surface area contributed by atoms with Gasteiger partial charge in [0.15, 0.2) is 0 Å². The van der Waals surface area contributed by atoms with Gasteiger partial charge >= 0.3 is 0 Å². The Kier molecular flexibility index (Phi) is 6.35. The summed E-state index contributed by atoms with van der Waals surface area (Å²) in [6.07, 6.45) is 3.67. The monoisotopic (exact) mass is 267 g/mol. The Balaban J connectivity index is 2.53. The van der Waals surface area contributed by atoms with Crippen LogP contribution in [0.1, 0.15) is 45.3 Å². The van der Waals surface area contributed by atoms with Crippen molar-refractivity contribution in [2.75, 3.05) is 13.1 Å². The highest BCUT2D eigenvalue weighted by atomic mass is 16.4. The Bertz CT molecular complexity index is 401. The smallest absolute Gasteiger partial charge is 0.140 e. The molecule has 0 aromatic carbocycles. The van der Waals surface area contributed by atoms with Crippen molar-refractivity contribution < 1.29 is 5.21 Å². The quantitative estimate of drug-likeness (QED) is 0.326. The van der Waals surface area contributed by atoms with Crippen molar-refractivity contribution in [1.82, 2.24) is 14.7 Å². The molecular formula is C13H25N5O. The van der Waals surface area contributed by atoms with Gasteiger partial charge in [-0.05, 0) is 26.0 Å². The van der Waals surface area contributed by atoms with E-state index in [0.717, 1.165) is 31.7 Å². The van der Waals surface area contributed by atoms with Gasteiger partial charge in [-0.1, -0.05) is 19.0 Å². The van der Waals surface area contributed by atoms with Gasteiger partial charge in [-0.2, -0.15) is 5.10 Å². The highest BCUT2D eigenvalue weighted by Gasteiger charge is 2.09. The SMILES string of the molecule is CCC(C)n1ccc(CN(CC)CCC(N)=NO)n1. The molecule has 1 rings (SSSR count). The lowest BCUT2D eigenvalue weighted by molar-refractivity contribution is 0.278. The molecule has 6 heteroatoms. The summed E-state index contributed by atoms with van der Waals surface area (Å²) in [6.45, 7) is 8.88. The number of hydrogen-bond acceptors (Lipinski definition) is 4. The second kappa shape index (κ2) is 7.78. The zero-order valence-corrected chi connectivity index (χ0v) is 12.1. The van der Waals surface area contributed by atoms with Crippen LogP contribution in [0.2, 0.25) is 0 Å². The fourth-order valence-electron chi connectivity index (χ4n) is 1.79. The largest absolute Gasteiger partial charge is 0.409 e. The fraction of sp³-hybridized carbons (Fsp3) is 0.692. The Morgan fingerprint density at radius 2 is 2.32 bits per heavy atom. The second-order valence-electron chi connectivity index (χ2n) is 4.75. The first-order valence-corrected chi connectivity index (χ1v) is 6.83. The maximum absolute atomic E-state index is 8.53. The van der Waals surface area contributed by atoms with Gasteiger partial charge in [0.05, 0.1) is 5.69 Å². The predicted octanol–water partition coefficient (Wildman–Crippen LogP) is 1.81. The van der Waals surface area contributed by atoms with Gasteiger partial charge in [0.1, 0.15) is 5.84 Å². The number of nitrogens with two attached hydrogens (primary N) is 1. The molecule has 1 aromatic heterocycles. The molecule has 1 unspecified atom stereocenters. The number of rotatable bonds is 8. The van der Waals surface area contributed by atoms with E-state index in [-0.39, 0.29) is 5.84 Å². The van der Waals surface area contributed by atoms with Crippen molar-refractivity contribution in [1.29, 1.82) is 0 Å². The molecule has 0 aliphatic rings. The highest BCUT2D eigenvalue weighted by molar-refractivity contribution is 5.79. The zero-order chi connectivity index (χ0) is 14.3. The molecule has 1 atom stereocenters. The fourth-order valence-corrected chi connectivity index (χ4v) is 1.79. The summed E-state index contributed by atoms with van der Waals surface area (Å²) in [7, 11) is 0. The van der Waals surface area contributed by atoms with E-state index in [1.807, 2.05) is 10.9 Å². The normalized spacial score (nSPS) is 14.0. The average molecular weight is 267 g/mol. The van der Waals surface area contributed by atoms with Gasteiger partial charge in [-0.25, -0.2) is 0 Å². The molecule has 0 aliphatic heterocycles.